The number of halogens is 1. The van der Waals surface area contributed by atoms with E-state index in [1.54, 1.807) is 0 Å². The van der Waals surface area contributed by atoms with Crippen LogP contribution in [0.2, 0.25) is 0 Å². The molecule has 2 heterocycles. The number of hydrogen-bond acceptors (Lipinski definition) is 4. The summed E-state index contributed by atoms with van der Waals surface area (Å²) in [4.78, 5) is 8.56. The molecule has 0 aliphatic heterocycles. The molecule has 0 aliphatic carbocycles. The highest BCUT2D eigenvalue weighted by Gasteiger charge is 2.11. The van der Waals surface area contributed by atoms with Crippen LogP contribution in [0, 0.1) is 31.0 Å². The molecule has 1 aromatic carbocycles. The van der Waals surface area contributed by atoms with Crippen LogP contribution in [-0.2, 0) is 6.42 Å². The van der Waals surface area contributed by atoms with Gasteiger partial charge in [0.15, 0.2) is 0 Å². The number of benzene rings is 1. The van der Waals surface area contributed by atoms with Crippen molar-refractivity contribution in [3.8, 4) is 6.07 Å². The Hall–Kier alpha value is -3.00. The van der Waals surface area contributed by atoms with E-state index in [-0.39, 0.29) is 5.82 Å². The van der Waals surface area contributed by atoms with Crippen LogP contribution in [0.3, 0.4) is 0 Å². The normalized spacial score (nSPS) is 10.6. The molecule has 0 saturated heterocycles. The second kappa shape index (κ2) is 6.63. The van der Waals surface area contributed by atoms with E-state index in [1.807, 2.05) is 32.2 Å². The van der Waals surface area contributed by atoms with Crippen LogP contribution in [0.25, 0.3) is 10.9 Å². The Bertz CT molecular complexity index is 927. The van der Waals surface area contributed by atoms with Gasteiger partial charge in [-0.15, -0.1) is 0 Å². The first-order valence-corrected chi connectivity index (χ1v) is 7.73. The molecular formula is C19H17FN4. The second-order valence-electron chi connectivity index (χ2n) is 5.76. The van der Waals surface area contributed by atoms with E-state index in [0.29, 0.717) is 28.7 Å². The molecule has 0 saturated carbocycles. The molecule has 0 aliphatic rings. The Labute approximate surface area is 140 Å². The largest absolute Gasteiger partial charge is 0.383 e. The maximum absolute atomic E-state index is 13.8. The number of anilines is 1. The van der Waals surface area contributed by atoms with Gasteiger partial charge in [0.1, 0.15) is 11.9 Å². The van der Waals surface area contributed by atoms with Crippen molar-refractivity contribution in [3.05, 3.63) is 64.9 Å². The summed E-state index contributed by atoms with van der Waals surface area (Å²) in [5.74, 6) is -0.331. The SMILES string of the molecule is Cc1ccc(CCNc2c(C#N)cnc3c(C)cc(F)cc23)cn1. The molecule has 0 unspecified atom stereocenters. The number of aromatic nitrogens is 2. The molecule has 1 N–H and O–H groups in total. The van der Waals surface area contributed by atoms with Gasteiger partial charge in [-0.1, -0.05) is 6.07 Å². The number of pyridine rings is 2. The maximum Gasteiger partial charge on any atom is 0.124 e. The van der Waals surface area contributed by atoms with Crippen LogP contribution < -0.4 is 5.32 Å². The molecule has 120 valence electrons. The van der Waals surface area contributed by atoms with Gasteiger partial charge >= 0.3 is 0 Å². The zero-order chi connectivity index (χ0) is 17.1. The lowest BCUT2D eigenvalue weighted by Crippen LogP contribution is -2.08. The van der Waals surface area contributed by atoms with Crippen molar-refractivity contribution in [2.75, 3.05) is 11.9 Å². The smallest absolute Gasteiger partial charge is 0.124 e. The highest BCUT2D eigenvalue weighted by atomic mass is 19.1. The third-order valence-corrected chi connectivity index (χ3v) is 3.94. The van der Waals surface area contributed by atoms with Crippen molar-refractivity contribution in [3.63, 3.8) is 0 Å². The first-order chi connectivity index (χ1) is 11.6. The fourth-order valence-corrected chi connectivity index (χ4v) is 2.69. The fraction of sp³-hybridized carbons (Fsp3) is 0.211. The summed E-state index contributed by atoms with van der Waals surface area (Å²) in [6, 6.07) is 8.99. The van der Waals surface area contributed by atoms with Crippen LogP contribution in [0.15, 0.2) is 36.7 Å². The van der Waals surface area contributed by atoms with Gasteiger partial charge in [0.05, 0.1) is 16.8 Å². The summed E-state index contributed by atoms with van der Waals surface area (Å²) in [7, 11) is 0. The lowest BCUT2D eigenvalue weighted by Gasteiger charge is -2.12. The molecule has 0 atom stereocenters. The van der Waals surface area contributed by atoms with Gasteiger partial charge in [-0.2, -0.15) is 5.26 Å². The van der Waals surface area contributed by atoms with Crippen LogP contribution in [-0.4, -0.2) is 16.5 Å². The first kappa shape index (κ1) is 15.9. The Morgan fingerprint density at radius 3 is 2.71 bits per heavy atom. The Balaban J connectivity index is 1.90. The minimum Gasteiger partial charge on any atom is -0.383 e. The van der Waals surface area contributed by atoms with Gasteiger partial charge in [-0.3, -0.25) is 9.97 Å². The number of nitrogens with one attached hydrogen (secondary N) is 1. The minimum atomic E-state index is -0.331. The molecule has 2 aromatic heterocycles. The van der Waals surface area contributed by atoms with E-state index in [0.717, 1.165) is 23.2 Å². The number of fused-ring (bicyclic) bond motifs is 1. The Morgan fingerprint density at radius 2 is 2.00 bits per heavy atom. The predicted molar refractivity (Wildman–Crippen MR) is 92.3 cm³/mol. The van der Waals surface area contributed by atoms with Crippen LogP contribution >= 0.6 is 0 Å². The zero-order valence-corrected chi connectivity index (χ0v) is 13.6. The quantitative estimate of drug-likeness (QED) is 0.791. The van der Waals surface area contributed by atoms with Crippen molar-refractivity contribution in [1.29, 1.82) is 5.26 Å². The fourth-order valence-electron chi connectivity index (χ4n) is 2.69. The van der Waals surface area contributed by atoms with Gasteiger partial charge in [-0.25, -0.2) is 4.39 Å². The predicted octanol–water partition coefficient (Wildman–Crippen LogP) is 3.91. The van der Waals surface area contributed by atoms with Gasteiger partial charge in [0, 0.05) is 30.0 Å². The molecule has 3 aromatic rings. The van der Waals surface area contributed by atoms with Gasteiger partial charge in [-0.05, 0) is 49.6 Å². The van der Waals surface area contributed by atoms with E-state index in [1.165, 1.54) is 18.3 Å². The zero-order valence-electron chi connectivity index (χ0n) is 13.6. The highest BCUT2D eigenvalue weighted by molar-refractivity contribution is 5.95. The monoisotopic (exact) mass is 320 g/mol. The molecule has 24 heavy (non-hydrogen) atoms. The lowest BCUT2D eigenvalue weighted by molar-refractivity contribution is 0.628. The molecule has 0 spiro atoms. The van der Waals surface area contributed by atoms with Crippen molar-refractivity contribution in [2.45, 2.75) is 20.3 Å². The summed E-state index contributed by atoms with van der Waals surface area (Å²) in [5, 5.41) is 13.2. The van der Waals surface area contributed by atoms with E-state index < -0.39 is 0 Å². The number of nitrogens with zero attached hydrogens (tertiary/aromatic N) is 3. The van der Waals surface area contributed by atoms with E-state index in [9.17, 15) is 9.65 Å². The van der Waals surface area contributed by atoms with Gasteiger partial charge in [0.2, 0.25) is 0 Å². The summed E-state index contributed by atoms with van der Waals surface area (Å²) < 4.78 is 13.8. The number of nitriles is 1. The Morgan fingerprint density at radius 1 is 1.17 bits per heavy atom. The molecule has 5 heteroatoms. The second-order valence-corrected chi connectivity index (χ2v) is 5.76. The average Bonchev–Trinajstić information content (AvgIpc) is 2.56. The van der Waals surface area contributed by atoms with Gasteiger partial charge < -0.3 is 5.32 Å². The highest BCUT2D eigenvalue weighted by Crippen LogP contribution is 2.28. The number of aryl methyl sites for hydroxylation is 2. The standard InChI is InChI=1S/C19H17FN4/c1-12-7-16(20)8-17-18(12)24-11-15(9-21)19(17)22-6-5-14-4-3-13(2)23-10-14/h3-4,7-8,10-11H,5-6H2,1-2H3,(H,22,24). The van der Waals surface area contributed by atoms with Crippen LogP contribution in [0.5, 0.6) is 0 Å². The molecular weight excluding hydrogens is 303 g/mol. The lowest BCUT2D eigenvalue weighted by atomic mass is 10.1. The molecule has 0 radical (unpaired) electrons. The van der Waals surface area contributed by atoms with Crippen molar-refractivity contribution < 1.29 is 4.39 Å². The number of rotatable bonds is 4. The third kappa shape index (κ3) is 3.18. The third-order valence-electron chi connectivity index (χ3n) is 3.94. The molecule has 0 amide bonds. The van der Waals surface area contributed by atoms with Crippen molar-refractivity contribution in [1.82, 2.24) is 9.97 Å². The number of hydrogen-bond donors (Lipinski definition) is 1. The minimum absolute atomic E-state index is 0.331. The van der Waals surface area contributed by atoms with Crippen LogP contribution in [0.4, 0.5) is 10.1 Å². The summed E-state index contributed by atoms with van der Waals surface area (Å²) in [6.07, 6.45) is 4.13. The van der Waals surface area contributed by atoms with E-state index >= 15 is 0 Å². The van der Waals surface area contributed by atoms with Crippen LogP contribution in [0.1, 0.15) is 22.4 Å². The van der Waals surface area contributed by atoms with Crippen molar-refractivity contribution >= 4 is 16.6 Å². The van der Waals surface area contributed by atoms with E-state index in [4.69, 9.17) is 0 Å². The molecule has 3 rings (SSSR count). The molecule has 0 bridgehead atoms. The summed E-state index contributed by atoms with van der Waals surface area (Å²) in [5.41, 5.74) is 4.58. The topological polar surface area (TPSA) is 61.6 Å². The Kier molecular flexibility index (Phi) is 4.39. The van der Waals surface area contributed by atoms with E-state index in [2.05, 4.69) is 21.4 Å². The molecule has 4 nitrogen and oxygen atoms in total. The van der Waals surface area contributed by atoms with Crippen molar-refractivity contribution in [2.24, 2.45) is 0 Å². The maximum atomic E-state index is 13.8. The summed E-state index contributed by atoms with van der Waals surface area (Å²) in [6.45, 7) is 4.38. The average molecular weight is 320 g/mol. The van der Waals surface area contributed by atoms with Gasteiger partial charge in [0.25, 0.3) is 0 Å². The summed E-state index contributed by atoms with van der Waals surface area (Å²) >= 11 is 0. The molecule has 0 fully saturated rings. The first-order valence-electron chi connectivity index (χ1n) is 7.73.